The van der Waals surface area contributed by atoms with Crippen LogP contribution in [0.15, 0.2) is 42.6 Å². The number of carboxylic acids is 1. The summed E-state index contributed by atoms with van der Waals surface area (Å²) < 4.78 is 0. The van der Waals surface area contributed by atoms with Crippen molar-refractivity contribution in [3.05, 3.63) is 63.9 Å². The first-order chi connectivity index (χ1) is 12.1. The van der Waals surface area contributed by atoms with Gasteiger partial charge in [-0.3, -0.25) is 14.7 Å². The molecule has 1 aliphatic heterocycles. The Morgan fingerprint density at radius 2 is 2.12 bits per heavy atom. The van der Waals surface area contributed by atoms with E-state index in [1.165, 1.54) is 0 Å². The topological polar surface area (TPSA) is 53.4 Å². The van der Waals surface area contributed by atoms with Crippen molar-refractivity contribution in [3.8, 4) is 0 Å². The second kappa shape index (κ2) is 8.17. The Kier molecular flexibility index (Phi) is 5.94. The fourth-order valence-electron chi connectivity index (χ4n) is 3.49. The van der Waals surface area contributed by atoms with Crippen molar-refractivity contribution < 1.29 is 9.90 Å². The van der Waals surface area contributed by atoms with Crippen LogP contribution in [-0.4, -0.2) is 33.5 Å². The number of hydrogen-bond acceptors (Lipinski definition) is 3. The summed E-state index contributed by atoms with van der Waals surface area (Å²) in [5.41, 5.74) is 1.80. The van der Waals surface area contributed by atoms with Gasteiger partial charge in [0, 0.05) is 34.4 Å². The van der Waals surface area contributed by atoms with Crippen LogP contribution in [0, 0.1) is 0 Å². The third-order valence-corrected chi connectivity index (χ3v) is 5.24. The molecule has 4 nitrogen and oxygen atoms in total. The smallest absolute Gasteiger partial charge is 0.320 e. The average molecular weight is 379 g/mol. The summed E-state index contributed by atoms with van der Waals surface area (Å²) in [5.74, 6) is -0.782. The van der Waals surface area contributed by atoms with Gasteiger partial charge in [-0.15, -0.1) is 0 Å². The number of piperidine rings is 1. The number of likely N-dealkylation sites (tertiary alicyclic amines) is 1. The molecule has 1 aliphatic rings. The molecule has 0 saturated carbocycles. The Labute approximate surface area is 157 Å². The van der Waals surface area contributed by atoms with Crippen LogP contribution in [0.1, 0.15) is 36.6 Å². The number of aliphatic carboxylic acids is 1. The van der Waals surface area contributed by atoms with Gasteiger partial charge in [-0.25, -0.2) is 0 Å². The van der Waals surface area contributed by atoms with E-state index in [4.69, 9.17) is 23.2 Å². The van der Waals surface area contributed by atoms with Gasteiger partial charge in [0.25, 0.3) is 0 Å². The average Bonchev–Trinajstić information content (AvgIpc) is 2.61. The molecule has 0 radical (unpaired) electrons. The Morgan fingerprint density at radius 1 is 1.28 bits per heavy atom. The summed E-state index contributed by atoms with van der Waals surface area (Å²) in [7, 11) is 0. The van der Waals surface area contributed by atoms with Gasteiger partial charge in [-0.05, 0) is 49.2 Å². The minimum Gasteiger partial charge on any atom is -0.480 e. The van der Waals surface area contributed by atoms with Crippen molar-refractivity contribution in [1.29, 1.82) is 0 Å². The first kappa shape index (κ1) is 18.2. The van der Waals surface area contributed by atoms with E-state index in [1.54, 1.807) is 18.3 Å². The van der Waals surface area contributed by atoms with E-state index in [0.29, 0.717) is 22.9 Å². The molecule has 3 rings (SSSR count). The SMILES string of the molecule is O=C(O)C1CCCCN1C(Cc1ccccn1)c1ccc(Cl)cc1Cl. The summed E-state index contributed by atoms with van der Waals surface area (Å²) in [6.07, 6.45) is 4.91. The minimum absolute atomic E-state index is 0.152. The molecule has 1 aromatic carbocycles. The number of benzene rings is 1. The Hall–Kier alpha value is -1.62. The second-order valence-corrected chi connectivity index (χ2v) is 7.14. The van der Waals surface area contributed by atoms with E-state index in [0.717, 1.165) is 30.6 Å². The maximum atomic E-state index is 11.8. The zero-order chi connectivity index (χ0) is 17.8. The maximum absolute atomic E-state index is 11.8. The molecule has 0 spiro atoms. The number of carbonyl (C=O) groups is 1. The molecule has 6 heteroatoms. The molecule has 1 fully saturated rings. The van der Waals surface area contributed by atoms with Crippen LogP contribution in [0.25, 0.3) is 0 Å². The predicted octanol–water partition coefficient (Wildman–Crippen LogP) is 4.61. The number of pyridine rings is 1. The van der Waals surface area contributed by atoms with Crippen LogP contribution in [0.2, 0.25) is 10.0 Å². The highest BCUT2D eigenvalue weighted by Crippen LogP contribution is 2.35. The molecule has 1 saturated heterocycles. The number of aromatic nitrogens is 1. The number of rotatable bonds is 5. The van der Waals surface area contributed by atoms with E-state index < -0.39 is 12.0 Å². The predicted molar refractivity (Wildman–Crippen MR) is 99.1 cm³/mol. The van der Waals surface area contributed by atoms with Gasteiger partial charge in [-0.2, -0.15) is 0 Å². The van der Waals surface area contributed by atoms with Gasteiger partial charge in [0.1, 0.15) is 6.04 Å². The molecule has 25 heavy (non-hydrogen) atoms. The molecule has 0 aliphatic carbocycles. The molecule has 0 amide bonds. The lowest BCUT2D eigenvalue weighted by atomic mass is 9.93. The quantitative estimate of drug-likeness (QED) is 0.824. The molecule has 2 heterocycles. The second-order valence-electron chi connectivity index (χ2n) is 6.29. The molecule has 132 valence electrons. The van der Waals surface area contributed by atoms with Gasteiger partial charge < -0.3 is 5.11 Å². The molecule has 1 aromatic heterocycles. The first-order valence-corrected chi connectivity index (χ1v) is 9.15. The van der Waals surface area contributed by atoms with Crippen LogP contribution in [0.4, 0.5) is 0 Å². The molecule has 1 N–H and O–H groups in total. The Balaban J connectivity index is 1.99. The molecule has 2 unspecified atom stereocenters. The highest BCUT2D eigenvalue weighted by atomic mass is 35.5. The van der Waals surface area contributed by atoms with Crippen molar-refractivity contribution in [2.75, 3.05) is 6.54 Å². The standard InChI is InChI=1S/C19H20Cl2N2O2/c20-13-7-8-15(16(21)11-13)18(12-14-5-1-3-9-22-14)23-10-4-2-6-17(23)19(24)25/h1,3,5,7-9,11,17-18H,2,4,6,10,12H2,(H,24,25). The largest absolute Gasteiger partial charge is 0.480 e. The number of hydrogen-bond donors (Lipinski definition) is 1. The lowest BCUT2D eigenvalue weighted by molar-refractivity contribution is -0.146. The summed E-state index contributed by atoms with van der Waals surface area (Å²) in [4.78, 5) is 18.2. The van der Waals surface area contributed by atoms with Crippen molar-refractivity contribution >= 4 is 29.2 Å². The molecular formula is C19H20Cl2N2O2. The van der Waals surface area contributed by atoms with Crippen molar-refractivity contribution in [1.82, 2.24) is 9.88 Å². The number of halogens is 2. The zero-order valence-corrected chi connectivity index (χ0v) is 15.2. The van der Waals surface area contributed by atoms with E-state index in [-0.39, 0.29) is 6.04 Å². The van der Waals surface area contributed by atoms with Gasteiger partial charge in [0.2, 0.25) is 0 Å². The fraction of sp³-hybridized carbons (Fsp3) is 0.368. The molecule has 2 atom stereocenters. The molecule has 2 aromatic rings. The van der Waals surface area contributed by atoms with Gasteiger partial charge in [-0.1, -0.05) is 41.8 Å². The zero-order valence-electron chi connectivity index (χ0n) is 13.7. The van der Waals surface area contributed by atoms with E-state index in [2.05, 4.69) is 9.88 Å². The lowest BCUT2D eigenvalue weighted by Crippen LogP contribution is -2.47. The van der Waals surface area contributed by atoms with Crippen LogP contribution in [0.3, 0.4) is 0 Å². The number of nitrogens with zero attached hydrogens (tertiary/aromatic N) is 2. The molecular weight excluding hydrogens is 359 g/mol. The fourth-order valence-corrected chi connectivity index (χ4v) is 4.02. The van der Waals surface area contributed by atoms with E-state index in [1.807, 2.05) is 24.3 Å². The van der Waals surface area contributed by atoms with Crippen molar-refractivity contribution in [2.24, 2.45) is 0 Å². The highest BCUT2D eigenvalue weighted by Gasteiger charge is 2.35. The van der Waals surface area contributed by atoms with Crippen LogP contribution in [-0.2, 0) is 11.2 Å². The van der Waals surface area contributed by atoms with Gasteiger partial charge in [0.05, 0.1) is 0 Å². The summed E-state index contributed by atoms with van der Waals surface area (Å²) in [6.45, 7) is 0.730. The van der Waals surface area contributed by atoms with Crippen molar-refractivity contribution in [3.63, 3.8) is 0 Å². The number of carboxylic acid groups (broad SMARTS) is 1. The highest BCUT2D eigenvalue weighted by molar-refractivity contribution is 6.35. The van der Waals surface area contributed by atoms with Crippen LogP contribution in [0.5, 0.6) is 0 Å². The third-order valence-electron chi connectivity index (χ3n) is 4.68. The van der Waals surface area contributed by atoms with E-state index in [9.17, 15) is 9.90 Å². The monoisotopic (exact) mass is 378 g/mol. The van der Waals surface area contributed by atoms with Crippen LogP contribution < -0.4 is 0 Å². The lowest BCUT2D eigenvalue weighted by Gasteiger charge is -2.39. The Bertz CT molecular complexity index is 739. The van der Waals surface area contributed by atoms with Crippen molar-refractivity contribution in [2.45, 2.75) is 37.8 Å². The van der Waals surface area contributed by atoms with Gasteiger partial charge in [0.15, 0.2) is 0 Å². The third kappa shape index (κ3) is 4.32. The Morgan fingerprint density at radius 3 is 2.80 bits per heavy atom. The van der Waals surface area contributed by atoms with E-state index >= 15 is 0 Å². The summed E-state index contributed by atoms with van der Waals surface area (Å²) in [6, 6.07) is 10.5. The normalized spacial score (nSPS) is 19.5. The van der Waals surface area contributed by atoms with Gasteiger partial charge >= 0.3 is 5.97 Å². The van der Waals surface area contributed by atoms with Crippen LogP contribution >= 0.6 is 23.2 Å². The summed E-state index contributed by atoms with van der Waals surface area (Å²) >= 11 is 12.5. The maximum Gasteiger partial charge on any atom is 0.320 e. The minimum atomic E-state index is -0.782. The molecule has 0 bridgehead atoms. The first-order valence-electron chi connectivity index (χ1n) is 8.39. The summed E-state index contributed by atoms with van der Waals surface area (Å²) in [5, 5.41) is 10.8.